The summed E-state index contributed by atoms with van der Waals surface area (Å²) in [6.45, 7) is 3.74. The molecule has 2 unspecified atom stereocenters. The summed E-state index contributed by atoms with van der Waals surface area (Å²) in [5, 5.41) is 5.24. The largest absolute Gasteiger partial charge is 0.341 e. The molecule has 0 radical (unpaired) electrons. The summed E-state index contributed by atoms with van der Waals surface area (Å²) in [4.78, 5) is 53.8. The molecule has 1 aliphatic heterocycles. The van der Waals surface area contributed by atoms with Crippen LogP contribution in [0.25, 0.3) is 0 Å². The Labute approximate surface area is 205 Å². The average Bonchev–Trinajstić information content (AvgIpc) is 3.49. The van der Waals surface area contributed by atoms with Crippen LogP contribution in [0.1, 0.15) is 60.4 Å². The average molecular weight is 477 g/mol. The number of rotatable bonds is 5. The molecule has 2 aliphatic rings. The molecular weight excluding hydrogens is 444 g/mol. The summed E-state index contributed by atoms with van der Waals surface area (Å²) >= 11 is 0. The standard InChI is InChI=1S/C27H32N4O4/c1-17-7-4-5-8-21(17)24-9-6-14-30(24)25(33)16-31(18(2)32)26(34)23-12-10-19-15-20(11-13-22(19)23)29-27(35)28-3/h4-5,7-8,11,13,15,23-24H,6,9-10,12,14,16H2,1-3H3,(H2,28,29,35). The first kappa shape index (κ1) is 24.4. The topological polar surface area (TPSA) is 98.8 Å². The number of hydrogen-bond acceptors (Lipinski definition) is 4. The van der Waals surface area contributed by atoms with Crippen LogP contribution in [0, 0.1) is 6.92 Å². The summed E-state index contributed by atoms with van der Waals surface area (Å²) in [7, 11) is 1.54. The van der Waals surface area contributed by atoms with E-state index >= 15 is 0 Å². The Kier molecular flexibility index (Phi) is 7.19. The van der Waals surface area contributed by atoms with E-state index in [9.17, 15) is 19.2 Å². The van der Waals surface area contributed by atoms with Gasteiger partial charge in [-0.2, -0.15) is 0 Å². The molecule has 1 saturated heterocycles. The van der Waals surface area contributed by atoms with Gasteiger partial charge in [-0.1, -0.05) is 30.3 Å². The third kappa shape index (κ3) is 5.06. The number of anilines is 1. The summed E-state index contributed by atoms with van der Waals surface area (Å²) < 4.78 is 0. The molecule has 8 heteroatoms. The molecule has 1 aliphatic carbocycles. The number of nitrogens with zero attached hydrogens (tertiary/aromatic N) is 2. The second-order valence-corrected chi connectivity index (χ2v) is 9.25. The Morgan fingerprint density at radius 2 is 1.83 bits per heavy atom. The number of imide groups is 1. The van der Waals surface area contributed by atoms with Gasteiger partial charge in [-0.25, -0.2) is 4.79 Å². The van der Waals surface area contributed by atoms with Crippen molar-refractivity contribution >= 4 is 29.4 Å². The van der Waals surface area contributed by atoms with Crippen molar-refractivity contribution in [1.82, 2.24) is 15.1 Å². The molecular formula is C27H32N4O4. The van der Waals surface area contributed by atoms with Crippen molar-refractivity contribution in [2.75, 3.05) is 25.5 Å². The summed E-state index contributed by atoms with van der Waals surface area (Å²) in [6, 6.07) is 13.1. The van der Waals surface area contributed by atoms with E-state index in [-0.39, 0.29) is 30.4 Å². The summed E-state index contributed by atoms with van der Waals surface area (Å²) in [6.07, 6.45) is 2.98. The Morgan fingerprint density at radius 3 is 2.54 bits per heavy atom. The number of amides is 5. The van der Waals surface area contributed by atoms with Crippen molar-refractivity contribution in [1.29, 1.82) is 0 Å². The smallest absolute Gasteiger partial charge is 0.318 e. The van der Waals surface area contributed by atoms with Crippen molar-refractivity contribution in [3.63, 3.8) is 0 Å². The number of carbonyl (C=O) groups is 4. The number of aryl methyl sites for hydroxylation is 2. The second-order valence-electron chi connectivity index (χ2n) is 9.25. The van der Waals surface area contributed by atoms with Gasteiger partial charge in [0.2, 0.25) is 17.7 Å². The van der Waals surface area contributed by atoms with Crippen molar-refractivity contribution in [2.24, 2.45) is 0 Å². The fourth-order valence-electron chi connectivity index (χ4n) is 5.25. The van der Waals surface area contributed by atoms with Gasteiger partial charge >= 0.3 is 6.03 Å². The monoisotopic (exact) mass is 476 g/mol. The number of nitrogens with one attached hydrogen (secondary N) is 2. The van der Waals surface area contributed by atoms with Crippen LogP contribution >= 0.6 is 0 Å². The van der Waals surface area contributed by atoms with Crippen LogP contribution < -0.4 is 10.6 Å². The lowest BCUT2D eigenvalue weighted by atomic mass is 9.98. The van der Waals surface area contributed by atoms with Crippen molar-refractivity contribution in [3.8, 4) is 0 Å². The van der Waals surface area contributed by atoms with Gasteiger partial charge in [-0.3, -0.25) is 19.3 Å². The highest BCUT2D eigenvalue weighted by molar-refractivity contribution is 6.01. The molecule has 0 bridgehead atoms. The predicted octanol–water partition coefficient (Wildman–Crippen LogP) is 3.51. The van der Waals surface area contributed by atoms with Gasteiger partial charge < -0.3 is 15.5 Å². The van der Waals surface area contributed by atoms with E-state index in [1.165, 1.54) is 6.92 Å². The minimum Gasteiger partial charge on any atom is -0.341 e. The fraction of sp³-hybridized carbons (Fsp3) is 0.407. The van der Waals surface area contributed by atoms with Gasteiger partial charge in [-0.15, -0.1) is 0 Å². The molecule has 2 aromatic rings. The van der Waals surface area contributed by atoms with Gasteiger partial charge in [0.15, 0.2) is 0 Å². The first-order valence-electron chi connectivity index (χ1n) is 12.1. The van der Waals surface area contributed by atoms with E-state index in [0.29, 0.717) is 25.1 Å². The lowest BCUT2D eigenvalue weighted by molar-refractivity contribution is -0.150. The quantitative estimate of drug-likeness (QED) is 0.690. The minimum absolute atomic E-state index is 0.0361. The van der Waals surface area contributed by atoms with E-state index in [1.54, 1.807) is 13.1 Å². The van der Waals surface area contributed by atoms with Gasteiger partial charge in [0, 0.05) is 26.2 Å². The Morgan fingerprint density at radius 1 is 1.06 bits per heavy atom. The lowest BCUT2D eigenvalue weighted by Gasteiger charge is -2.29. The molecule has 5 amide bonds. The van der Waals surface area contributed by atoms with E-state index < -0.39 is 11.8 Å². The SMILES string of the molecule is CNC(=O)Nc1ccc2c(c1)CCC2C(=O)N(CC(=O)N1CCCC1c1ccccc1C)C(C)=O. The van der Waals surface area contributed by atoms with Crippen LogP contribution in [-0.4, -0.2) is 53.7 Å². The van der Waals surface area contributed by atoms with Gasteiger partial charge in [0.25, 0.3) is 0 Å². The highest BCUT2D eigenvalue weighted by Gasteiger charge is 2.37. The number of fused-ring (bicyclic) bond motifs is 1. The fourth-order valence-corrected chi connectivity index (χ4v) is 5.25. The van der Waals surface area contributed by atoms with E-state index in [2.05, 4.69) is 10.6 Å². The maximum absolute atomic E-state index is 13.5. The molecule has 184 valence electrons. The van der Waals surface area contributed by atoms with Gasteiger partial charge in [0.1, 0.15) is 6.54 Å². The first-order chi connectivity index (χ1) is 16.8. The number of hydrogen-bond donors (Lipinski definition) is 2. The number of likely N-dealkylation sites (tertiary alicyclic amines) is 1. The van der Waals surface area contributed by atoms with Crippen LogP contribution in [0.5, 0.6) is 0 Å². The third-order valence-corrected chi connectivity index (χ3v) is 7.06. The lowest BCUT2D eigenvalue weighted by Crippen LogP contribution is -2.46. The first-order valence-corrected chi connectivity index (χ1v) is 12.1. The Balaban J connectivity index is 1.49. The van der Waals surface area contributed by atoms with Gasteiger partial charge in [-0.05, 0) is 67.0 Å². The van der Waals surface area contributed by atoms with Gasteiger partial charge in [0.05, 0.1) is 12.0 Å². The summed E-state index contributed by atoms with van der Waals surface area (Å²) in [5.74, 6) is -1.46. The van der Waals surface area contributed by atoms with Crippen LogP contribution in [0.2, 0.25) is 0 Å². The number of carbonyl (C=O) groups excluding carboxylic acids is 4. The van der Waals surface area contributed by atoms with Crippen LogP contribution in [0.3, 0.4) is 0 Å². The van der Waals surface area contributed by atoms with E-state index in [0.717, 1.165) is 40.0 Å². The zero-order valence-electron chi connectivity index (χ0n) is 20.5. The highest BCUT2D eigenvalue weighted by atomic mass is 16.2. The maximum atomic E-state index is 13.5. The molecule has 0 saturated carbocycles. The van der Waals surface area contributed by atoms with Crippen LogP contribution in [-0.2, 0) is 20.8 Å². The molecule has 1 fully saturated rings. The molecule has 0 spiro atoms. The van der Waals surface area contributed by atoms with E-state index in [4.69, 9.17) is 0 Å². The Hall–Kier alpha value is -3.68. The molecule has 1 heterocycles. The van der Waals surface area contributed by atoms with Crippen molar-refractivity contribution in [2.45, 2.75) is 51.5 Å². The third-order valence-electron chi connectivity index (χ3n) is 7.06. The number of urea groups is 1. The maximum Gasteiger partial charge on any atom is 0.318 e. The van der Waals surface area contributed by atoms with Crippen molar-refractivity contribution < 1.29 is 19.2 Å². The molecule has 35 heavy (non-hydrogen) atoms. The normalized spacial score (nSPS) is 18.7. The van der Waals surface area contributed by atoms with Crippen LogP contribution in [0.15, 0.2) is 42.5 Å². The molecule has 2 atom stereocenters. The Bertz CT molecular complexity index is 1160. The van der Waals surface area contributed by atoms with E-state index in [1.807, 2.05) is 48.2 Å². The number of benzene rings is 2. The predicted molar refractivity (Wildman–Crippen MR) is 133 cm³/mol. The zero-order chi connectivity index (χ0) is 25.1. The molecule has 4 rings (SSSR count). The second kappa shape index (κ2) is 10.3. The highest BCUT2D eigenvalue weighted by Crippen LogP contribution is 2.37. The summed E-state index contributed by atoms with van der Waals surface area (Å²) in [5.41, 5.74) is 4.70. The molecule has 0 aromatic heterocycles. The zero-order valence-corrected chi connectivity index (χ0v) is 20.5. The minimum atomic E-state index is -0.485. The molecule has 2 N–H and O–H groups in total. The van der Waals surface area contributed by atoms with Crippen LogP contribution in [0.4, 0.5) is 10.5 Å². The molecule has 8 nitrogen and oxygen atoms in total. The van der Waals surface area contributed by atoms with Crippen molar-refractivity contribution in [3.05, 3.63) is 64.7 Å². The molecule has 2 aromatic carbocycles.